The highest BCUT2D eigenvalue weighted by molar-refractivity contribution is 6.05. The molecule has 0 radical (unpaired) electrons. The average molecular weight is 284 g/mol. The maximum atomic E-state index is 12.1. The molecule has 0 aromatic carbocycles. The minimum Gasteiger partial charge on any atom is -0.290 e. The highest BCUT2D eigenvalue weighted by atomic mass is 16.1. The van der Waals surface area contributed by atoms with Gasteiger partial charge in [-0.2, -0.15) is 0 Å². The van der Waals surface area contributed by atoms with Crippen molar-refractivity contribution in [1.82, 2.24) is 0 Å². The van der Waals surface area contributed by atoms with Gasteiger partial charge in [0.1, 0.15) is 0 Å². The molecule has 0 aliphatic heterocycles. The lowest BCUT2D eigenvalue weighted by molar-refractivity contribution is -0.117. The van der Waals surface area contributed by atoms with Crippen molar-refractivity contribution in [1.29, 1.82) is 0 Å². The van der Waals surface area contributed by atoms with E-state index >= 15 is 0 Å². The molecule has 0 saturated heterocycles. The third kappa shape index (κ3) is 1.93. The molecule has 1 heteroatoms. The third-order valence-corrected chi connectivity index (χ3v) is 7.21. The van der Waals surface area contributed by atoms with E-state index in [9.17, 15) is 4.79 Å². The molecule has 0 amide bonds. The van der Waals surface area contributed by atoms with Gasteiger partial charge in [0.05, 0.1) is 0 Å². The first-order valence-electron chi connectivity index (χ1n) is 8.31. The van der Waals surface area contributed by atoms with Crippen molar-refractivity contribution < 1.29 is 4.79 Å². The van der Waals surface area contributed by atoms with Crippen LogP contribution < -0.4 is 0 Å². The molecule has 0 spiro atoms. The van der Waals surface area contributed by atoms with Crippen molar-refractivity contribution in [3.8, 4) is 0 Å². The molecule has 5 atom stereocenters. The summed E-state index contributed by atoms with van der Waals surface area (Å²) in [6.45, 7) is 15.3. The van der Waals surface area contributed by atoms with Gasteiger partial charge in [0.15, 0.2) is 5.78 Å². The quantitative estimate of drug-likeness (QED) is 0.484. The van der Waals surface area contributed by atoms with Crippen LogP contribution in [0.5, 0.6) is 0 Å². The molecule has 0 N–H and O–H groups in total. The lowest BCUT2D eigenvalue weighted by atomic mass is 9.43. The number of carbonyl (C=O) groups excluding carboxylic acids is 1. The zero-order chi connectivity index (χ0) is 15.5. The van der Waals surface area contributed by atoms with E-state index in [2.05, 4.69) is 46.1 Å². The summed E-state index contributed by atoms with van der Waals surface area (Å²) in [6, 6.07) is 0. The summed E-state index contributed by atoms with van der Waals surface area (Å²) in [5.41, 5.74) is 1.41. The van der Waals surface area contributed by atoms with Crippen molar-refractivity contribution in [3.05, 3.63) is 37.0 Å². The fourth-order valence-electron chi connectivity index (χ4n) is 5.38. The summed E-state index contributed by atoms with van der Waals surface area (Å²) in [6.07, 6.45) is 12.2. The normalized spacial score (nSPS) is 49.5. The summed E-state index contributed by atoms with van der Waals surface area (Å²) in [4.78, 5) is 12.1. The molecular weight excluding hydrogens is 256 g/mol. The summed E-state index contributed by atoms with van der Waals surface area (Å²) >= 11 is 0. The fraction of sp³-hybridized carbons (Fsp3) is 0.650. The van der Waals surface area contributed by atoms with Gasteiger partial charge in [-0.15, -0.1) is 6.58 Å². The molecule has 21 heavy (non-hydrogen) atoms. The Labute approximate surface area is 129 Å². The predicted octanol–water partition coefficient (Wildman–Crippen LogP) is 5.10. The monoisotopic (exact) mass is 284 g/mol. The lowest BCUT2D eigenvalue weighted by Gasteiger charge is -2.61. The first-order chi connectivity index (χ1) is 9.75. The Balaban J connectivity index is 1.99. The number of ketones is 1. The number of carbonyl (C=O) groups is 1. The van der Waals surface area contributed by atoms with E-state index in [1.807, 2.05) is 0 Å². The molecule has 5 unspecified atom stereocenters. The van der Waals surface area contributed by atoms with E-state index in [0.29, 0.717) is 16.7 Å². The predicted molar refractivity (Wildman–Crippen MR) is 87.9 cm³/mol. The Morgan fingerprint density at radius 3 is 2.62 bits per heavy atom. The van der Waals surface area contributed by atoms with Crippen LogP contribution in [0.4, 0.5) is 0 Å². The molecule has 3 rings (SSSR count). The molecule has 2 fully saturated rings. The fourth-order valence-corrected chi connectivity index (χ4v) is 5.38. The van der Waals surface area contributed by atoms with Gasteiger partial charge in [-0.3, -0.25) is 4.79 Å². The number of hydrogen-bond acceptors (Lipinski definition) is 1. The molecule has 114 valence electrons. The third-order valence-electron chi connectivity index (χ3n) is 7.21. The number of hydrogen-bond donors (Lipinski definition) is 0. The summed E-state index contributed by atoms with van der Waals surface area (Å²) in [5, 5.41) is 0. The standard InChI is InChI=1S/C20H28O/c1-6-18(3)11-12-20(5)15(13-18)9-10-19(4)14(2)16(21)7-8-17(19)20/h6-8,15,17H,1-2,9-13H2,3-5H3. The van der Waals surface area contributed by atoms with Gasteiger partial charge in [0, 0.05) is 5.41 Å². The average Bonchev–Trinajstić information content (AvgIpc) is 2.46. The SMILES string of the molecule is C=CC1(C)CCC2(C)C(CCC3(C)C(=C)C(=O)C=CC32)C1. The topological polar surface area (TPSA) is 17.1 Å². The second-order valence-corrected chi connectivity index (χ2v) is 8.40. The molecular formula is C20H28O. The van der Waals surface area contributed by atoms with Crippen LogP contribution in [0.25, 0.3) is 0 Å². The molecule has 0 aromatic rings. The molecule has 2 saturated carbocycles. The van der Waals surface area contributed by atoms with Crippen LogP contribution in [0.15, 0.2) is 37.0 Å². The van der Waals surface area contributed by atoms with Gasteiger partial charge in [-0.25, -0.2) is 0 Å². The van der Waals surface area contributed by atoms with Gasteiger partial charge in [-0.1, -0.05) is 39.5 Å². The molecule has 3 aliphatic rings. The molecule has 0 heterocycles. The Bertz CT molecular complexity index is 542. The van der Waals surface area contributed by atoms with Gasteiger partial charge >= 0.3 is 0 Å². The van der Waals surface area contributed by atoms with Gasteiger partial charge < -0.3 is 0 Å². The summed E-state index contributed by atoms with van der Waals surface area (Å²) in [5.74, 6) is 1.34. The van der Waals surface area contributed by atoms with Gasteiger partial charge in [0.25, 0.3) is 0 Å². The number of allylic oxidation sites excluding steroid dienone is 4. The molecule has 3 aliphatic carbocycles. The van der Waals surface area contributed by atoms with Crippen molar-refractivity contribution >= 4 is 5.78 Å². The van der Waals surface area contributed by atoms with Crippen LogP contribution in [0.2, 0.25) is 0 Å². The minimum absolute atomic E-state index is 0.0288. The maximum absolute atomic E-state index is 12.1. The zero-order valence-corrected chi connectivity index (χ0v) is 13.7. The molecule has 1 nitrogen and oxygen atoms in total. The van der Waals surface area contributed by atoms with Crippen LogP contribution in [-0.4, -0.2) is 5.78 Å². The van der Waals surface area contributed by atoms with E-state index in [4.69, 9.17) is 0 Å². The number of rotatable bonds is 1. The van der Waals surface area contributed by atoms with Crippen LogP contribution >= 0.6 is 0 Å². The van der Waals surface area contributed by atoms with Gasteiger partial charge in [0.2, 0.25) is 0 Å². The van der Waals surface area contributed by atoms with Gasteiger partial charge in [-0.05, 0) is 66.4 Å². The largest absolute Gasteiger partial charge is 0.290 e. The van der Waals surface area contributed by atoms with Crippen LogP contribution in [0, 0.1) is 28.1 Å². The van der Waals surface area contributed by atoms with E-state index in [-0.39, 0.29) is 11.2 Å². The Morgan fingerprint density at radius 2 is 1.95 bits per heavy atom. The van der Waals surface area contributed by atoms with Crippen LogP contribution in [0.1, 0.15) is 52.9 Å². The van der Waals surface area contributed by atoms with Crippen molar-refractivity contribution in [2.45, 2.75) is 52.9 Å². The van der Waals surface area contributed by atoms with E-state index in [0.717, 1.165) is 17.9 Å². The first kappa shape index (κ1) is 14.8. The Kier molecular flexibility index (Phi) is 3.13. The second-order valence-electron chi connectivity index (χ2n) is 8.40. The van der Waals surface area contributed by atoms with Crippen LogP contribution in [0.3, 0.4) is 0 Å². The Morgan fingerprint density at radius 1 is 1.24 bits per heavy atom. The first-order valence-corrected chi connectivity index (χ1v) is 8.31. The zero-order valence-electron chi connectivity index (χ0n) is 13.7. The summed E-state index contributed by atoms with van der Waals surface area (Å²) < 4.78 is 0. The molecule has 0 bridgehead atoms. The van der Waals surface area contributed by atoms with E-state index in [1.165, 1.54) is 25.7 Å². The minimum atomic E-state index is -0.0288. The highest BCUT2D eigenvalue weighted by Crippen LogP contribution is 2.65. The smallest absolute Gasteiger partial charge is 0.181 e. The van der Waals surface area contributed by atoms with Crippen LogP contribution in [-0.2, 0) is 4.79 Å². The number of fused-ring (bicyclic) bond motifs is 3. The van der Waals surface area contributed by atoms with Crippen molar-refractivity contribution in [2.75, 3.05) is 0 Å². The lowest BCUT2D eigenvalue weighted by Crippen LogP contribution is -2.53. The maximum Gasteiger partial charge on any atom is 0.181 e. The van der Waals surface area contributed by atoms with Crippen molar-refractivity contribution in [3.63, 3.8) is 0 Å². The van der Waals surface area contributed by atoms with E-state index < -0.39 is 0 Å². The second kappa shape index (κ2) is 4.44. The van der Waals surface area contributed by atoms with Crippen molar-refractivity contribution in [2.24, 2.45) is 28.1 Å². The highest BCUT2D eigenvalue weighted by Gasteiger charge is 2.57. The molecule has 0 aromatic heterocycles. The Hall–Kier alpha value is -1.11. The summed E-state index contributed by atoms with van der Waals surface area (Å²) in [7, 11) is 0. The van der Waals surface area contributed by atoms with E-state index in [1.54, 1.807) is 6.08 Å².